The third kappa shape index (κ3) is 5.74. The van der Waals surface area contributed by atoms with Gasteiger partial charge in [0.1, 0.15) is 5.82 Å². The van der Waals surface area contributed by atoms with E-state index < -0.39 is 0 Å². The molecule has 146 valence electrons. The number of ether oxygens (including phenoxy) is 1. The number of nitriles is 1. The Morgan fingerprint density at radius 3 is 2.93 bits per heavy atom. The van der Waals surface area contributed by atoms with Crippen molar-refractivity contribution >= 4 is 29.1 Å². The molecule has 1 N–H and O–H groups in total. The number of pyridine rings is 1. The van der Waals surface area contributed by atoms with E-state index in [2.05, 4.69) is 16.4 Å². The standard InChI is InChI=1S/C22H18FN3O2S/c23-18-7-2-1-6-17(18)20-11-9-16(29-20)10-12-21(27)26-22-19(8-5-14-25-22)28-15-4-3-13-24/h1-2,5-12,14H,3-4,15H2,(H,25,26,27). The second-order valence-corrected chi connectivity index (χ2v) is 7.08. The number of carbonyl (C=O) groups is 1. The number of anilines is 1. The zero-order chi connectivity index (χ0) is 20.5. The van der Waals surface area contributed by atoms with E-state index >= 15 is 0 Å². The molecule has 0 aliphatic carbocycles. The molecule has 3 aromatic rings. The molecule has 1 aromatic carbocycles. The van der Waals surface area contributed by atoms with Gasteiger partial charge in [-0.25, -0.2) is 9.37 Å². The van der Waals surface area contributed by atoms with Gasteiger partial charge in [0, 0.05) is 34.0 Å². The van der Waals surface area contributed by atoms with E-state index in [-0.39, 0.29) is 11.7 Å². The molecule has 0 saturated heterocycles. The van der Waals surface area contributed by atoms with E-state index in [1.165, 1.54) is 23.5 Å². The van der Waals surface area contributed by atoms with Crippen molar-refractivity contribution in [2.45, 2.75) is 12.8 Å². The van der Waals surface area contributed by atoms with Crippen LogP contribution in [0.3, 0.4) is 0 Å². The van der Waals surface area contributed by atoms with Crippen molar-refractivity contribution in [3.8, 4) is 22.3 Å². The maximum atomic E-state index is 13.9. The van der Waals surface area contributed by atoms with Crippen molar-refractivity contribution in [1.82, 2.24) is 4.98 Å². The molecule has 7 heteroatoms. The summed E-state index contributed by atoms with van der Waals surface area (Å²) >= 11 is 1.39. The Bertz CT molecular complexity index is 1060. The van der Waals surface area contributed by atoms with Crippen molar-refractivity contribution in [1.29, 1.82) is 5.26 Å². The van der Waals surface area contributed by atoms with Crippen LogP contribution in [0.5, 0.6) is 5.75 Å². The topological polar surface area (TPSA) is 75.0 Å². The fourth-order valence-corrected chi connectivity index (χ4v) is 3.44. The number of aromatic nitrogens is 1. The van der Waals surface area contributed by atoms with Crippen LogP contribution in [0.1, 0.15) is 17.7 Å². The Morgan fingerprint density at radius 1 is 1.24 bits per heavy atom. The van der Waals surface area contributed by atoms with Crippen LogP contribution in [0, 0.1) is 17.1 Å². The molecule has 0 atom stereocenters. The van der Waals surface area contributed by atoms with E-state index in [0.717, 1.165) is 9.75 Å². The van der Waals surface area contributed by atoms with Gasteiger partial charge in [0.05, 0.1) is 12.7 Å². The Balaban J connectivity index is 1.62. The average molecular weight is 407 g/mol. The monoisotopic (exact) mass is 407 g/mol. The maximum Gasteiger partial charge on any atom is 0.249 e. The summed E-state index contributed by atoms with van der Waals surface area (Å²) in [6.45, 7) is 0.367. The predicted octanol–water partition coefficient (Wildman–Crippen LogP) is 5.28. The minimum atomic E-state index is -0.355. The molecule has 2 heterocycles. The highest BCUT2D eigenvalue weighted by molar-refractivity contribution is 7.16. The molecule has 0 fully saturated rings. The molecule has 0 radical (unpaired) electrons. The van der Waals surface area contributed by atoms with Crippen molar-refractivity contribution in [3.05, 3.63) is 71.5 Å². The van der Waals surface area contributed by atoms with Gasteiger partial charge in [-0.15, -0.1) is 11.3 Å². The normalized spacial score (nSPS) is 10.6. The number of hydrogen-bond acceptors (Lipinski definition) is 5. The number of nitrogens with zero attached hydrogens (tertiary/aromatic N) is 2. The van der Waals surface area contributed by atoms with Crippen molar-refractivity contribution < 1.29 is 13.9 Å². The molecule has 3 rings (SSSR count). The van der Waals surface area contributed by atoms with Gasteiger partial charge >= 0.3 is 0 Å². The quantitative estimate of drug-likeness (QED) is 0.407. The number of hydrogen-bond donors (Lipinski definition) is 1. The molecule has 0 saturated carbocycles. The Hall–Kier alpha value is -3.50. The second kappa shape index (κ2) is 10.2. The van der Waals surface area contributed by atoms with Crippen LogP contribution in [0.15, 0.2) is 60.8 Å². The molecule has 0 bridgehead atoms. The van der Waals surface area contributed by atoms with Gasteiger partial charge < -0.3 is 10.1 Å². The van der Waals surface area contributed by atoms with Crippen molar-refractivity contribution in [2.24, 2.45) is 0 Å². The third-order valence-electron chi connectivity index (χ3n) is 3.87. The minimum Gasteiger partial charge on any atom is -0.490 e. The van der Waals surface area contributed by atoms with E-state index in [1.54, 1.807) is 42.6 Å². The van der Waals surface area contributed by atoms with Crippen LogP contribution >= 0.6 is 11.3 Å². The van der Waals surface area contributed by atoms with Gasteiger partial charge in [-0.3, -0.25) is 4.79 Å². The van der Waals surface area contributed by atoms with E-state index in [9.17, 15) is 9.18 Å². The summed E-state index contributed by atoms with van der Waals surface area (Å²) in [5.41, 5.74) is 0.535. The van der Waals surface area contributed by atoms with Crippen LogP contribution < -0.4 is 10.1 Å². The SMILES string of the molecule is N#CCCCOc1cccnc1NC(=O)C=Cc1ccc(-c2ccccc2F)s1. The fraction of sp³-hybridized carbons (Fsp3) is 0.136. The largest absolute Gasteiger partial charge is 0.490 e. The first kappa shape index (κ1) is 20.2. The molecule has 0 spiro atoms. The first-order chi connectivity index (χ1) is 14.2. The van der Waals surface area contributed by atoms with Gasteiger partial charge in [0.15, 0.2) is 11.6 Å². The highest BCUT2D eigenvalue weighted by atomic mass is 32.1. The number of halogens is 1. The number of nitrogens with one attached hydrogen (secondary N) is 1. The molecule has 29 heavy (non-hydrogen) atoms. The summed E-state index contributed by atoms with van der Waals surface area (Å²) in [5, 5.41) is 11.3. The molecular formula is C22H18FN3O2S. The van der Waals surface area contributed by atoms with Crippen molar-refractivity contribution in [3.63, 3.8) is 0 Å². The van der Waals surface area contributed by atoms with Crippen LogP contribution in [0.4, 0.5) is 10.2 Å². The maximum absolute atomic E-state index is 13.9. The smallest absolute Gasteiger partial charge is 0.249 e. The summed E-state index contributed by atoms with van der Waals surface area (Å²) in [7, 11) is 0. The highest BCUT2D eigenvalue weighted by Gasteiger charge is 2.08. The third-order valence-corrected chi connectivity index (χ3v) is 4.95. The van der Waals surface area contributed by atoms with E-state index in [0.29, 0.717) is 36.6 Å². The van der Waals surface area contributed by atoms with Crippen LogP contribution in [-0.2, 0) is 4.79 Å². The summed E-state index contributed by atoms with van der Waals surface area (Å²) in [6.07, 6.45) is 5.62. The molecule has 0 aliphatic rings. The summed E-state index contributed by atoms with van der Waals surface area (Å²) in [4.78, 5) is 18.0. The predicted molar refractivity (Wildman–Crippen MR) is 112 cm³/mol. The second-order valence-electron chi connectivity index (χ2n) is 5.96. The molecule has 2 aromatic heterocycles. The highest BCUT2D eigenvalue weighted by Crippen LogP contribution is 2.30. The summed E-state index contributed by atoms with van der Waals surface area (Å²) in [5.74, 6) is 0.133. The lowest BCUT2D eigenvalue weighted by Gasteiger charge is -2.09. The lowest BCUT2D eigenvalue weighted by Crippen LogP contribution is -2.11. The van der Waals surface area contributed by atoms with E-state index in [1.807, 2.05) is 12.1 Å². The molecule has 0 unspecified atom stereocenters. The Kier molecular flexibility index (Phi) is 7.09. The van der Waals surface area contributed by atoms with Gasteiger partial charge in [0.25, 0.3) is 0 Å². The number of amides is 1. The first-order valence-corrected chi connectivity index (χ1v) is 9.77. The zero-order valence-electron chi connectivity index (χ0n) is 15.5. The first-order valence-electron chi connectivity index (χ1n) is 8.96. The summed E-state index contributed by atoms with van der Waals surface area (Å²) in [6, 6.07) is 15.7. The number of benzene rings is 1. The zero-order valence-corrected chi connectivity index (χ0v) is 16.3. The van der Waals surface area contributed by atoms with Gasteiger partial charge in [-0.2, -0.15) is 5.26 Å². The number of rotatable bonds is 8. The Morgan fingerprint density at radius 2 is 2.10 bits per heavy atom. The fourth-order valence-electron chi connectivity index (χ4n) is 2.50. The van der Waals surface area contributed by atoms with Gasteiger partial charge in [-0.05, 0) is 42.8 Å². The Labute approximate surface area is 172 Å². The number of carbonyl (C=O) groups excluding carboxylic acids is 1. The van der Waals surface area contributed by atoms with Crippen LogP contribution in [0.2, 0.25) is 0 Å². The van der Waals surface area contributed by atoms with Crippen LogP contribution in [0.25, 0.3) is 16.5 Å². The molecule has 0 aliphatic heterocycles. The van der Waals surface area contributed by atoms with E-state index in [4.69, 9.17) is 10.00 Å². The minimum absolute atomic E-state index is 0.278. The molecule has 5 nitrogen and oxygen atoms in total. The van der Waals surface area contributed by atoms with Gasteiger partial charge in [-0.1, -0.05) is 18.2 Å². The summed E-state index contributed by atoms with van der Waals surface area (Å²) < 4.78 is 19.5. The van der Waals surface area contributed by atoms with Crippen molar-refractivity contribution in [2.75, 3.05) is 11.9 Å². The lowest BCUT2D eigenvalue weighted by molar-refractivity contribution is -0.111. The molecular weight excluding hydrogens is 389 g/mol. The average Bonchev–Trinajstić information content (AvgIpc) is 3.20. The number of thiophene rings is 1. The van der Waals surface area contributed by atoms with Gasteiger partial charge in [0.2, 0.25) is 5.91 Å². The van der Waals surface area contributed by atoms with Crippen LogP contribution in [-0.4, -0.2) is 17.5 Å². The number of unbranched alkanes of at least 4 members (excludes halogenated alkanes) is 1. The lowest BCUT2D eigenvalue weighted by atomic mass is 10.2. The molecule has 1 amide bonds.